The zero-order chi connectivity index (χ0) is 16.4. The van der Waals surface area contributed by atoms with Crippen LogP contribution in [0.5, 0.6) is 0 Å². The minimum Gasteiger partial charge on any atom is -0.383 e. The molecular weight excluding hydrogens is 349 g/mol. The molecule has 1 aromatic rings. The van der Waals surface area contributed by atoms with E-state index in [4.69, 9.17) is 4.74 Å². The minimum atomic E-state index is -0.0356. The van der Waals surface area contributed by atoms with Gasteiger partial charge >= 0.3 is 0 Å². The number of carbonyl (C=O) groups excluding carboxylic acids is 1. The second-order valence-electron chi connectivity index (χ2n) is 5.82. The number of nitrogens with zero attached hydrogens (tertiary/aromatic N) is 1. The van der Waals surface area contributed by atoms with Gasteiger partial charge in [0.1, 0.15) is 0 Å². The van der Waals surface area contributed by atoms with Gasteiger partial charge in [0.2, 0.25) is 0 Å². The average Bonchev–Trinajstić information content (AvgIpc) is 2.50. The molecule has 1 rings (SSSR count). The molecule has 0 unspecified atom stereocenters. The fourth-order valence-electron chi connectivity index (χ4n) is 2.19. The number of amides is 1. The Morgan fingerprint density at radius 2 is 1.75 bits per heavy atom. The van der Waals surface area contributed by atoms with Crippen LogP contribution in [0.15, 0.2) is 24.3 Å². The van der Waals surface area contributed by atoms with E-state index in [2.05, 4.69) is 36.4 Å². The summed E-state index contributed by atoms with van der Waals surface area (Å²) in [6.45, 7) is 8.21. The number of methoxy groups -OCH3 is 1. The number of hydrogen-bond acceptors (Lipinski definition) is 4. The molecule has 0 saturated heterocycles. The lowest BCUT2D eigenvalue weighted by Gasteiger charge is -2.21. The predicted molar refractivity (Wildman–Crippen MR) is 106 cm³/mol. The highest BCUT2D eigenvalue weighted by atomic mass is 35.5. The summed E-state index contributed by atoms with van der Waals surface area (Å²) in [6.07, 6.45) is 0. The van der Waals surface area contributed by atoms with Crippen molar-refractivity contribution in [1.29, 1.82) is 0 Å². The van der Waals surface area contributed by atoms with Crippen LogP contribution in [0.2, 0.25) is 0 Å². The molecule has 0 saturated carbocycles. The normalized spacial score (nSPS) is 9.88. The third kappa shape index (κ3) is 9.98. The molecule has 0 heterocycles. The quantitative estimate of drug-likeness (QED) is 0.613. The van der Waals surface area contributed by atoms with E-state index in [1.165, 1.54) is 0 Å². The van der Waals surface area contributed by atoms with Crippen LogP contribution in [0.3, 0.4) is 0 Å². The first-order chi connectivity index (χ1) is 10.5. The Balaban J connectivity index is 0. The van der Waals surface area contributed by atoms with Gasteiger partial charge in [-0.1, -0.05) is 13.8 Å². The Hall–Kier alpha value is -1.01. The summed E-state index contributed by atoms with van der Waals surface area (Å²) >= 11 is 0. The Morgan fingerprint density at radius 1 is 1.12 bits per heavy atom. The standard InChI is InChI=1S/C17H29N3O2.2ClH/c1-14(2)13-20(3)16-7-5-15(6-8-16)17(21)19-10-9-18-11-12-22-4;;/h5-8,14,18H,9-13H2,1-4H3,(H,19,21);2*1H. The molecular formula is C17H31Cl2N3O2. The van der Waals surface area contributed by atoms with Crippen molar-refractivity contribution >= 4 is 36.4 Å². The maximum Gasteiger partial charge on any atom is 0.251 e. The van der Waals surface area contributed by atoms with E-state index in [9.17, 15) is 4.79 Å². The number of halogens is 2. The number of ether oxygens (including phenoxy) is 1. The highest BCUT2D eigenvalue weighted by molar-refractivity contribution is 5.94. The van der Waals surface area contributed by atoms with Crippen molar-refractivity contribution in [1.82, 2.24) is 10.6 Å². The molecule has 0 aromatic heterocycles. The molecule has 140 valence electrons. The molecule has 0 bridgehead atoms. The molecule has 0 atom stereocenters. The monoisotopic (exact) mass is 379 g/mol. The fourth-order valence-corrected chi connectivity index (χ4v) is 2.19. The summed E-state index contributed by atoms with van der Waals surface area (Å²) in [5, 5.41) is 6.09. The van der Waals surface area contributed by atoms with Crippen molar-refractivity contribution in [2.24, 2.45) is 5.92 Å². The van der Waals surface area contributed by atoms with Crippen LogP contribution in [0.1, 0.15) is 24.2 Å². The Bertz CT molecular complexity index is 442. The lowest BCUT2D eigenvalue weighted by Crippen LogP contribution is -2.33. The molecule has 0 fully saturated rings. The highest BCUT2D eigenvalue weighted by Crippen LogP contribution is 2.15. The maximum atomic E-state index is 12.0. The van der Waals surface area contributed by atoms with Crippen LogP contribution in [-0.4, -0.2) is 52.9 Å². The van der Waals surface area contributed by atoms with E-state index in [0.717, 1.165) is 25.3 Å². The number of rotatable bonds is 10. The summed E-state index contributed by atoms with van der Waals surface area (Å²) in [6, 6.07) is 7.74. The first-order valence-corrected chi connectivity index (χ1v) is 7.83. The van der Waals surface area contributed by atoms with Crippen LogP contribution < -0.4 is 15.5 Å². The van der Waals surface area contributed by atoms with E-state index >= 15 is 0 Å². The van der Waals surface area contributed by atoms with Gasteiger partial charge in [-0.15, -0.1) is 24.8 Å². The Labute approximate surface area is 158 Å². The van der Waals surface area contributed by atoms with Crippen LogP contribution in [-0.2, 0) is 4.74 Å². The summed E-state index contributed by atoms with van der Waals surface area (Å²) < 4.78 is 4.94. The molecule has 7 heteroatoms. The Morgan fingerprint density at radius 3 is 2.29 bits per heavy atom. The van der Waals surface area contributed by atoms with Crippen LogP contribution in [0.4, 0.5) is 5.69 Å². The van der Waals surface area contributed by atoms with Crippen molar-refractivity contribution < 1.29 is 9.53 Å². The van der Waals surface area contributed by atoms with Gasteiger partial charge in [-0.2, -0.15) is 0 Å². The third-order valence-electron chi connectivity index (χ3n) is 3.28. The first-order valence-electron chi connectivity index (χ1n) is 7.83. The SMILES string of the molecule is COCCNCCNC(=O)c1ccc(N(C)CC(C)C)cc1.Cl.Cl. The lowest BCUT2D eigenvalue weighted by atomic mass is 10.1. The van der Waals surface area contributed by atoms with E-state index < -0.39 is 0 Å². The van der Waals surface area contributed by atoms with Gasteiger partial charge in [-0.05, 0) is 30.2 Å². The van der Waals surface area contributed by atoms with Crippen molar-refractivity contribution in [2.75, 3.05) is 51.8 Å². The molecule has 0 aliphatic heterocycles. The van der Waals surface area contributed by atoms with Gasteiger partial charge in [-0.3, -0.25) is 4.79 Å². The van der Waals surface area contributed by atoms with Crippen molar-refractivity contribution in [3.63, 3.8) is 0 Å². The van der Waals surface area contributed by atoms with Crippen molar-refractivity contribution in [2.45, 2.75) is 13.8 Å². The summed E-state index contributed by atoms with van der Waals surface area (Å²) in [4.78, 5) is 14.2. The van der Waals surface area contributed by atoms with Gasteiger partial charge < -0.3 is 20.3 Å². The number of hydrogen-bond donors (Lipinski definition) is 2. The summed E-state index contributed by atoms with van der Waals surface area (Å²) in [5.74, 6) is 0.574. The second kappa shape index (κ2) is 14.3. The third-order valence-corrected chi connectivity index (χ3v) is 3.28. The molecule has 5 nitrogen and oxygen atoms in total. The number of anilines is 1. The smallest absolute Gasteiger partial charge is 0.251 e. The van der Waals surface area contributed by atoms with Gasteiger partial charge in [0.25, 0.3) is 5.91 Å². The van der Waals surface area contributed by atoms with Crippen LogP contribution in [0.25, 0.3) is 0 Å². The number of carbonyl (C=O) groups is 1. The number of benzene rings is 1. The second-order valence-corrected chi connectivity index (χ2v) is 5.82. The zero-order valence-corrected chi connectivity index (χ0v) is 16.6. The van der Waals surface area contributed by atoms with Crippen molar-refractivity contribution in [3.8, 4) is 0 Å². The zero-order valence-electron chi connectivity index (χ0n) is 15.0. The topological polar surface area (TPSA) is 53.6 Å². The highest BCUT2D eigenvalue weighted by Gasteiger charge is 2.07. The summed E-state index contributed by atoms with van der Waals surface area (Å²) in [5.41, 5.74) is 1.82. The van der Waals surface area contributed by atoms with Crippen LogP contribution in [0, 0.1) is 5.92 Å². The minimum absolute atomic E-state index is 0. The van der Waals surface area contributed by atoms with E-state index in [1.54, 1.807) is 7.11 Å². The van der Waals surface area contributed by atoms with Gasteiger partial charge in [0.15, 0.2) is 0 Å². The molecule has 1 aromatic carbocycles. The first kappa shape index (κ1) is 25.2. The lowest BCUT2D eigenvalue weighted by molar-refractivity contribution is 0.0953. The molecule has 0 spiro atoms. The molecule has 24 heavy (non-hydrogen) atoms. The van der Waals surface area contributed by atoms with Gasteiger partial charge in [0.05, 0.1) is 6.61 Å². The largest absolute Gasteiger partial charge is 0.383 e. The van der Waals surface area contributed by atoms with E-state index in [0.29, 0.717) is 24.6 Å². The molecule has 2 N–H and O–H groups in total. The van der Waals surface area contributed by atoms with Crippen molar-refractivity contribution in [3.05, 3.63) is 29.8 Å². The molecule has 1 amide bonds. The Kier molecular flexibility index (Phi) is 15.1. The maximum absolute atomic E-state index is 12.0. The van der Waals surface area contributed by atoms with E-state index in [1.807, 2.05) is 24.3 Å². The predicted octanol–water partition coefficient (Wildman–Crippen LogP) is 2.59. The molecule has 0 radical (unpaired) electrons. The van der Waals surface area contributed by atoms with E-state index in [-0.39, 0.29) is 30.7 Å². The molecule has 0 aliphatic carbocycles. The fraction of sp³-hybridized carbons (Fsp3) is 0.588. The average molecular weight is 380 g/mol. The summed E-state index contributed by atoms with van der Waals surface area (Å²) in [7, 11) is 3.74. The van der Waals surface area contributed by atoms with Gasteiger partial charge in [-0.25, -0.2) is 0 Å². The van der Waals surface area contributed by atoms with Gasteiger partial charge in [0, 0.05) is 51.6 Å². The molecule has 0 aliphatic rings. The number of nitrogens with one attached hydrogen (secondary N) is 2. The van der Waals surface area contributed by atoms with Crippen LogP contribution >= 0.6 is 24.8 Å².